The van der Waals surface area contributed by atoms with Gasteiger partial charge in [-0.2, -0.15) is 11.8 Å². The normalized spacial score (nSPS) is 15.8. The van der Waals surface area contributed by atoms with Crippen LogP contribution in [0.5, 0.6) is 0 Å². The second-order valence-corrected chi connectivity index (χ2v) is 7.29. The predicted octanol–water partition coefficient (Wildman–Crippen LogP) is 1.30. The number of non-ortho nitro benzene ring substituents is 1. The van der Waals surface area contributed by atoms with Crippen LogP contribution < -0.4 is 16.4 Å². The van der Waals surface area contributed by atoms with Crippen LogP contribution in [0.15, 0.2) is 24.3 Å². The largest absolute Gasteiger partial charge is 0.350 e. The molecule has 0 spiro atoms. The number of thioether (sulfide) groups is 1. The Labute approximate surface area is 156 Å². The number of nitro benzene ring substituents is 1. The van der Waals surface area contributed by atoms with Gasteiger partial charge in [0, 0.05) is 30.3 Å². The van der Waals surface area contributed by atoms with Gasteiger partial charge in [0.15, 0.2) is 0 Å². The molecule has 0 aliphatic heterocycles. The van der Waals surface area contributed by atoms with Crippen molar-refractivity contribution >= 4 is 29.3 Å². The standard InChI is InChI=1S/C17H24N4O4S/c1-26-8-7-14(17(23)20-15(10-18)11-5-6-11)19-16(22)12-3-2-4-13(9-12)21(24)25/h2-4,9,11,14-15H,5-8,10,18H2,1H3,(H,19,22)(H,20,23). The van der Waals surface area contributed by atoms with Crippen LogP contribution in [0.4, 0.5) is 5.69 Å². The minimum Gasteiger partial charge on any atom is -0.350 e. The van der Waals surface area contributed by atoms with Gasteiger partial charge in [0.05, 0.1) is 4.92 Å². The zero-order valence-electron chi connectivity index (χ0n) is 14.6. The van der Waals surface area contributed by atoms with Crippen LogP contribution in [0.3, 0.4) is 0 Å². The van der Waals surface area contributed by atoms with Crippen LogP contribution in [0.1, 0.15) is 29.6 Å². The predicted molar refractivity (Wildman–Crippen MR) is 101 cm³/mol. The minimum absolute atomic E-state index is 0.0750. The summed E-state index contributed by atoms with van der Waals surface area (Å²) in [4.78, 5) is 35.4. The lowest BCUT2D eigenvalue weighted by molar-refractivity contribution is -0.384. The molecule has 4 N–H and O–H groups in total. The van der Waals surface area contributed by atoms with Crippen LogP contribution >= 0.6 is 11.8 Å². The van der Waals surface area contributed by atoms with Crippen molar-refractivity contribution in [1.29, 1.82) is 0 Å². The van der Waals surface area contributed by atoms with E-state index in [1.165, 1.54) is 24.3 Å². The molecule has 0 bridgehead atoms. The highest BCUT2D eigenvalue weighted by Gasteiger charge is 2.33. The lowest BCUT2D eigenvalue weighted by Crippen LogP contribution is -2.52. The van der Waals surface area contributed by atoms with Crippen LogP contribution in [-0.2, 0) is 4.79 Å². The summed E-state index contributed by atoms with van der Waals surface area (Å²) >= 11 is 1.57. The molecular formula is C17H24N4O4S. The van der Waals surface area contributed by atoms with E-state index in [0.29, 0.717) is 24.6 Å². The van der Waals surface area contributed by atoms with E-state index >= 15 is 0 Å². The van der Waals surface area contributed by atoms with E-state index in [1.807, 2.05) is 6.26 Å². The zero-order chi connectivity index (χ0) is 19.1. The number of benzene rings is 1. The van der Waals surface area contributed by atoms with Crippen molar-refractivity contribution in [2.45, 2.75) is 31.3 Å². The molecule has 1 aliphatic carbocycles. The van der Waals surface area contributed by atoms with Crippen molar-refractivity contribution in [2.75, 3.05) is 18.6 Å². The summed E-state index contributed by atoms with van der Waals surface area (Å²) in [5.74, 6) is 0.341. The number of rotatable bonds is 10. The Kier molecular flexibility index (Phi) is 7.40. The summed E-state index contributed by atoms with van der Waals surface area (Å²) in [7, 11) is 0. The maximum absolute atomic E-state index is 12.6. The summed E-state index contributed by atoms with van der Waals surface area (Å²) in [6, 6.07) is 4.67. The van der Waals surface area contributed by atoms with Gasteiger partial charge < -0.3 is 16.4 Å². The first-order chi connectivity index (χ1) is 12.5. The van der Waals surface area contributed by atoms with Crippen LogP contribution in [-0.4, -0.2) is 47.4 Å². The van der Waals surface area contributed by atoms with Crippen molar-refractivity contribution in [3.63, 3.8) is 0 Å². The number of nitrogens with two attached hydrogens (primary N) is 1. The molecule has 1 aromatic carbocycles. The molecule has 1 fully saturated rings. The van der Waals surface area contributed by atoms with Gasteiger partial charge in [0.2, 0.25) is 5.91 Å². The molecule has 1 aliphatic rings. The van der Waals surface area contributed by atoms with E-state index in [9.17, 15) is 19.7 Å². The second-order valence-electron chi connectivity index (χ2n) is 6.30. The highest BCUT2D eigenvalue weighted by molar-refractivity contribution is 7.98. The molecule has 9 heteroatoms. The van der Waals surface area contributed by atoms with Gasteiger partial charge in [-0.15, -0.1) is 0 Å². The van der Waals surface area contributed by atoms with E-state index in [2.05, 4.69) is 10.6 Å². The Balaban J connectivity index is 2.05. The first-order valence-electron chi connectivity index (χ1n) is 8.51. The smallest absolute Gasteiger partial charge is 0.270 e. The summed E-state index contributed by atoms with van der Waals surface area (Å²) in [5.41, 5.74) is 5.71. The Morgan fingerprint density at radius 1 is 1.38 bits per heavy atom. The highest BCUT2D eigenvalue weighted by Crippen LogP contribution is 2.32. The third-order valence-corrected chi connectivity index (χ3v) is 4.97. The van der Waals surface area contributed by atoms with Gasteiger partial charge in [-0.1, -0.05) is 6.07 Å². The Hall–Kier alpha value is -2.13. The third-order valence-electron chi connectivity index (χ3n) is 4.32. The lowest BCUT2D eigenvalue weighted by Gasteiger charge is -2.22. The third kappa shape index (κ3) is 5.70. The van der Waals surface area contributed by atoms with Crippen LogP contribution in [0.2, 0.25) is 0 Å². The van der Waals surface area contributed by atoms with E-state index < -0.39 is 16.9 Å². The van der Waals surface area contributed by atoms with Gasteiger partial charge >= 0.3 is 0 Å². The number of carbonyl (C=O) groups excluding carboxylic acids is 2. The fourth-order valence-corrected chi connectivity index (χ4v) is 3.13. The van der Waals surface area contributed by atoms with Crippen LogP contribution in [0.25, 0.3) is 0 Å². The number of nitrogens with zero attached hydrogens (tertiary/aromatic N) is 1. The molecular weight excluding hydrogens is 356 g/mol. The minimum atomic E-state index is -0.706. The maximum atomic E-state index is 12.6. The molecule has 2 amide bonds. The van der Waals surface area contributed by atoms with Gasteiger partial charge in [-0.05, 0) is 43.3 Å². The summed E-state index contributed by atoms with van der Waals surface area (Å²) in [5, 5.41) is 16.5. The van der Waals surface area contributed by atoms with Crippen molar-refractivity contribution in [3.05, 3.63) is 39.9 Å². The molecule has 0 aromatic heterocycles. The summed E-state index contributed by atoms with van der Waals surface area (Å²) < 4.78 is 0. The first-order valence-corrected chi connectivity index (χ1v) is 9.90. The second kappa shape index (κ2) is 9.54. The molecule has 0 saturated heterocycles. The molecule has 2 atom stereocenters. The maximum Gasteiger partial charge on any atom is 0.270 e. The molecule has 0 radical (unpaired) electrons. The van der Waals surface area contributed by atoms with Crippen LogP contribution in [0, 0.1) is 16.0 Å². The average Bonchev–Trinajstić information content (AvgIpc) is 3.47. The first kappa shape index (κ1) is 20.2. The van der Waals surface area contributed by atoms with Crippen molar-refractivity contribution in [3.8, 4) is 0 Å². The van der Waals surface area contributed by atoms with Gasteiger partial charge in [-0.25, -0.2) is 0 Å². The van der Waals surface area contributed by atoms with E-state index in [4.69, 9.17) is 5.73 Å². The average molecular weight is 380 g/mol. The summed E-state index contributed by atoms with van der Waals surface area (Å²) in [6.07, 6.45) is 4.50. The Morgan fingerprint density at radius 2 is 2.12 bits per heavy atom. The number of hydrogen-bond acceptors (Lipinski definition) is 6. The number of hydrogen-bond donors (Lipinski definition) is 3. The molecule has 2 rings (SSSR count). The van der Waals surface area contributed by atoms with E-state index in [0.717, 1.165) is 12.8 Å². The Bertz CT molecular complexity index is 666. The molecule has 1 aromatic rings. The van der Waals surface area contributed by atoms with Crippen molar-refractivity contribution < 1.29 is 14.5 Å². The van der Waals surface area contributed by atoms with Gasteiger partial charge in [-0.3, -0.25) is 19.7 Å². The van der Waals surface area contributed by atoms with Gasteiger partial charge in [0.25, 0.3) is 11.6 Å². The fourth-order valence-electron chi connectivity index (χ4n) is 2.66. The zero-order valence-corrected chi connectivity index (χ0v) is 15.5. The SMILES string of the molecule is CSCCC(NC(=O)c1cccc([N+](=O)[O-])c1)C(=O)NC(CN)C1CC1. The molecule has 8 nitrogen and oxygen atoms in total. The quantitative estimate of drug-likeness (QED) is 0.415. The highest BCUT2D eigenvalue weighted by atomic mass is 32.2. The fraction of sp³-hybridized carbons (Fsp3) is 0.529. The van der Waals surface area contributed by atoms with Crippen molar-refractivity contribution in [1.82, 2.24) is 10.6 Å². The lowest BCUT2D eigenvalue weighted by atomic mass is 10.1. The molecule has 26 heavy (non-hydrogen) atoms. The van der Waals surface area contributed by atoms with Gasteiger partial charge in [0.1, 0.15) is 6.04 Å². The summed E-state index contributed by atoms with van der Waals surface area (Å²) in [6.45, 7) is 0.366. The number of nitro groups is 1. The van der Waals surface area contributed by atoms with Crippen molar-refractivity contribution in [2.24, 2.45) is 11.7 Å². The molecule has 0 heterocycles. The Morgan fingerprint density at radius 3 is 2.69 bits per heavy atom. The number of amides is 2. The number of carbonyl (C=O) groups is 2. The monoisotopic (exact) mass is 380 g/mol. The molecule has 2 unspecified atom stereocenters. The number of nitrogens with one attached hydrogen (secondary N) is 2. The van der Waals surface area contributed by atoms with E-state index in [1.54, 1.807) is 11.8 Å². The molecule has 142 valence electrons. The van der Waals surface area contributed by atoms with E-state index in [-0.39, 0.29) is 23.2 Å². The topological polar surface area (TPSA) is 127 Å². The molecule has 1 saturated carbocycles.